The standard InChI is InChI=1S/C11H13FN2O2/c1-6(11(16)14-2)7-4-3-5-8(9(7)12)10(13)15/h3-6H,1-2H3,(H2,13,15)(H,14,16)/t6-/m0/s1. The third-order valence-corrected chi connectivity index (χ3v) is 2.40. The molecule has 0 saturated carbocycles. The normalized spacial score (nSPS) is 11.9. The Morgan fingerprint density at radius 1 is 1.44 bits per heavy atom. The van der Waals surface area contributed by atoms with E-state index >= 15 is 0 Å². The van der Waals surface area contributed by atoms with Crippen LogP contribution in [0, 0.1) is 5.82 Å². The zero-order chi connectivity index (χ0) is 12.3. The van der Waals surface area contributed by atoms with Crippen LogP contribution in [0.1, 0.15) is 28.8 Å². The summed E-state index contributed by atoms with van der Waals surface area (Å²) in [6, 6.07) is 4.25. The number of hydrogen-bond donors (Lipinski definition) is 2. The van der Waals surface area contributed by atoms with Gasteiger partial charge in [0.15, 0.2) is 0 Å². The monoisotopic (exact) mass is 224 g/mol. The van der Waals surface area contributed by atoms with E-state index < -0.39 is 17.6 Å². The summed E-state index contributed by atoms with van der Waals surface area (Å²) in [7, 11) is 1.47. The molecular formula is C11H13FN2O2. The molecule has 16 heavy (non-hydrogen) atoms. The van der Waals surface area contributed by atoms with Gasteiger partial charge in [-0.1, -0.05) is 12.1 Å². The van der Waals surface area contributed by atoms with E-state index in [-0.39, 0.29) is 17.0 Å². The summed E-state index contributed by atoms with van der Waals surface area (Å²) in [4.78, 5) is 22.3. The number of hydrogen-bond acceptors (Lipinski definition) is 2. The zero-order valence-corrected chi connectivity index (χ0v) is 9.08. The Kier molecular flexibility index (Phi) is 3.60. The van der Waals surface area contributed by atoms with Crippen LogP contribution in [0.5, 0.6) is 0 Å². The maximum atomic E-state index is 13.8. The van der Waals surface area contributed by atoms with Gasteiger partial charge in [-0.25, -0.2) is 4.39 Å². The molecule has 0 aliphatic rings. The number of carbonyl (C=O) groups is 2. The SMILES string of the molecule is CNC(=O)[C@@H](C)c1cccc(C(N)=O)c1F. The van der Waals surface area contributed by atoms with E-state index in [1.807, 2.05) is 0 Å². The molecule has 0 aliphatic heterocycles. The van der Waals surface area contributed by atoms with Crippen molar-refractivity contribution in [1.82, 2.24) is 5.32 Å². The number of benzene rings is 1. The maximum Gasteiger partial charge on any atom is 0.251 e. The molecule has 2 amide bonds. The van der Waals surface area contributed by atoms with E-state index in [1.165, 1.54) is 25.2 Å². The van der Waals surface area contributed by atoms with Gasteiger partial charge in [-0.3, -0.25) is 9.59 Å². The van der Waals surface area contributed by atoms with Crippen LogP contribution in [0.4, 0.5) is 4.39 Å². The fourth-order valence-electron chi connectivity index (χ4n) is 1.43. The number of primary amides is 1. The van der Waals surface area contributed by atoms with Crippen LogP contribution in [-0.2, 0) is 4.79 Å². The minimum absolute atomic E-state index is 0.163. The molecular weight excluding hydrogens is 211 g/mol. The number of rotatable bonds is 3. The highest BCUT2D eigenvalue weighted by molar-refractivity contribution is 5.94. The van der Waals surface area contributed by atoms with Gasteiger partial charge in [-0.2, -0.15) is 0 Å². The van der Waals surface area contributed by atoms with Crippen LogP contribution < -0.4 is 11.1 Å². The molecule has 1 rings (SSSR count). The summed E-state index contributed by atoms with van der Waals surface area (Å²) in [6.45, 7) is 1.56. The van der Waals surface area contributed by atoms with Crippen LogP contribution in [0.2, 0.25) is 0 Å². The van der Waals surface area contributed by atoms with Gasteiger partial charge in [0.25, 0.3) is 5.91 Å². The Labute approximate surface area is 92.6 Å². The molecule has 0 spiro atoms. The van der Waals surface area contributed by atoms with Gasteiger partial charge >= 0.3 is 0 Å². The molecule has 0 bridgehead atoms. The average Bonchev–Trinajstić information content (AvgIpc) is 2.27. The molecule has 0 fully saturated rings. The van der Waals surface area contributed by atoms with Crippen molar-refractivity contribution >= 4 is 11.8 Å². The van der Waals surface area contributed by atoms with Crippen molar-refractivity contribution < 1.29 is 14.0 Å². The minimum Gasteiger partial charge on any atom is -0.366 e. The summed E-state index contributed by atoms with van der Waals surface area (Å²) in [5.74, 6) is -2.56. The topological polar surface area (TPSA) is 72.2 Å². The Bertz CT molecular complexity index is 432. The third-order valence-electron chi connectivity index (χ3n) is 2.40. The first-order valence-electron chi connectivity index (χ1n) is 4.78. The van der Waals surface area contributed by atoms with Gasteiger partial charge in [0.05, 0.1) is 11.5 Å². The van der Waals surface area contributed by atoms with E-state index in [9.17, 15) is 14.0 Å². The van der Waals surface area contributed by atoms with E-state index in [2.05, 4.69) is 5.32 Å². The molecule has 0 aliphatic carbocycles. The van der Waals surface area contributed by atoms with E-state index in [0.29, 0.717) is 0 Å². The van der Waals surface area contributed by atoms with Crippen molar-refractivity contribution in [2.75, 3.05) is 7.05 Å². The summed E-state index contributed by atoms with van der Waals surface area (Å²) in [5, 5.41) is 2.42. The number of amides is 2. The van der Waals surface area contributed by atoms with Crippen LogP contribution >= 0.6 is 0 Å². The molecule has 0 heterocycles. The smallest absolute Gasteiger partial charge is 0.251 e. The number of nitrogens with two attached hydrogens (primary N) is 1. The first kappa shape index (κ1) is 12.2. The molecule has 0 unspecified atom stereocenters. The Balaban J connectivity index is 3.20. The number of carbonyl (C=O) groups excluding carboxylic acids is 2. The molecule has 5 heteroatoms. The van der Waals surface area contributed by atoms with Crippen LogP contribution in [0.25, 0.3) is 0 Å². The van der Waals surface area contributed by atoms with Crippen molar-refractivity contribution in [1.29, 1.82) is 0 Å². The summed E-state index contributed by atoms with van der Waals surface area (Å²) < 4.78 is 13.8. The van der Waals surface area contributed by atoms with Gasteiger partial charge in [0.2, 0.25) is 5.91 Å². The molecule has 86 valence electrons. The van der Waals surface area contributed by atoms with Crippen molar-refractivity contribution in [2.24, 2.45) is 5.73 Å². The number of nitrogens with one attached hydrogen (secondary N) is 1. The molecule has 1 aromatic carbocycles. The second-order valence-corrected chi connectivity index (χ2v) is 3.41. The summed E-state index contributed by atoms with van der Waals surface area (Å²) >= 11 is 0. The van der Waals surface area contributed by atoms with Gasteiger partial charge in [0, 0.05) is 12.6 Å². The van der Waals surface area contributed by atoms with Gasteiger partial charge in [-0.15, -0.1) is 0 Å². The second-order valence-electron chi connectivity index (χ2n) is 3.41. The molecule has 0 radical (unpaired) electrons. The van der Waals surface area contributed by atoms with Gasteiger partial charge < -0.3 is 11.1 Å². The molecule has 0 aromatic heterocycles. The Hall–Kier alpha value is -1.91. The molecule has 0 saturated heterocycles. The first-order chi connectivity index (χ1) is 7.49. The van der Waals surface area contributed by atoms with E-state index in [1.54, 1.807) is 6.92 Å². The van der Waals surface area contributed by atoms with Crippen molar-refractivity contribution in [3.63, 3.8) is 0 Å². The lowest BCUT2D eigenvalue weighted by Gasteiger charge is -2.12. The molecule has 3 N–H and O–H groups in total. The highest BCUT2D eigenvalue weighted by atomic mass is 19.1. The summed E-state index contributed by atoms with van der Waals surface area (Å²) in [6.07, 6.45) is 0. The maximum absolute atomic E-state index is 13.8. The molecule has 1 aromatic rings. The first-order valence-corrected chi connectivity index (χ1v) is 4.78. The van der Waals surface area contributed by atoms with Gasteiger partial charge in [-0.05, 0) is 13.0 Å². The van der Waals surface area contributed by atoms with Crippen molar-refractivity contribution in [2.45, 2.75) is 12.8 Å². The Morgan fingerprint density at radius 2 is 2.06 bits per heavy atom. The molecule has 1 atom stereocenters. The van der Waals surface area contributed by atoms with Crippen LogP contribution in [0.3, 0.4) is 0 Å². The second kappa shape index (κ2) is 4.74. The lowest BCUT2D eigenvalue weighted by molar-refractivity contribution is -0.121. The van der Waals surface area contributed by atoms with Crippen molar-refractivity contribution in [3.8, 4) is 0 Å². The molecule has 4 nitrogen and oxygen atoms in total. The third kappa shape index (κ3) is 2.18. The number of likely N-dealkylation sites (N-methyl/N-ethyl adjacent to an activating group) is 1. The van der Waals surface area contributed by atoms with Gasteiger partial charge in [0.1, 0.15) is 5.82 Å². The zero-order valence-electron chi connectivity index (χ0n) is 9.08. The largest absolute Gasteiger partial charge is 0.366 e. The minimum atomic E-state index is -0.844. The average molecular weight is 224 g/mol. The Morgan fingerprint density at radius 3 is 2.56 bits per heavy atom. The highest BCUT2D eigenvalue weighted by Gasteiger charge is 2.20. The quantitative estimate of drug-likeness (QED) is 0.796. The van der Waals surface area contributed by atoms with E-state index in [4.69, 9.17) is 5.73 Å². The van der Waals surface area contributed by atoms with Crippen LogP contribution in [0.15, 0.2) is 18.2 Å². The lowest BCUT2D eigenvalue weighted by Crippen LogP contribution is -2.25. The number of halogens is 1. The van der Waals surface area contributed by atoms with Crippen molar-refractivity contribution in [3.05, 3.63) is 35.1 Å². The lowest BCUT2D eigenvalue weighted by atomic mass is 9.97. The predicted octanol–water partition coefficient (Wildman–Crippen LogP) is 0.774. The van der Waals surface area contributed by atoms with Crippen LogP contribution in [-0.4, -0.2) is 18.9 Å². The fraction of sp³-hybridized carbons (Fsp3) is 0.273. The van der Waals surface area contributed by atoms with E-state index in [0.717, 1.165) is 0 Å². The fourth-order valence-corrected chi connectivity index (χ4v) is 1.43. The summed E-state index contributed by atoms with van der Waals surface area (Å²) in [5.41, 5.74) is 4.97. The highest BCUT2D eigenvalue weighted by Crippen LogP contribution is 2.21. The predicted molar refractivity (Wildman–Crippen MR) is 57.4 cm³/mol.